The van der Waals surface area contributed by atoms with Crippen LogP contribution in [0.2, 0.25) is 0 Å². The zero-order valence-electron chi connectivity index (χ0n) is 11.3. The molecule has 2 rings (SSSR count). The normalized spacial score (nSPS) is 10.1. The van der Waals surface area contributed by atoms with Gasteiger partial charge in [0.25, 0.3) is 0 Å². The molecular weight excluding hydrogens is 252 g/mol. The molecule has 0 heterocycles. The van der Waals surface area contributed by atoms with Gasteiger partial charge in [-0.15, -0.1) is 0 Å². The van der Waals surface area contributed by atoms with Crippen molar-refractivity contribution in [1.82, 2.24) is 0 Å². The lowest BCUT2D eigenvalue weighted by atomic mass is 10.0. The number of hydrogen-bond donors (Lipinski definition) is 0. The van der Waals surface area contributed by atoms with Gasteiger partial charge < -0.3 is 4.74 Å². The maximum Gasteiger partial charge on any atom is 0.166 e. The van der Waals surface area contributed by atoms with E-state index in [1.165, 1.54) is 7.11 Å². The number of ketones is 1. The number of carbonyl (C=O) groups excluding carboxylic acids is 2. The first-order chi connectivity index (χ1) is 9.74. The van der Waals surface area contributed by atoms with Crippen molar-refractivity contribution in [1.29, 1.82) is 0 Å². The van der Waals surface area contributed by atoms with Crippen LogP contribution in [0.25, 0.3) is 0 Å². The number of aryl methyl sites for hydroxylation is 1. The van der Waals surface area contributed by atoms with E-state index in [2.05, 4.69) is 0 Å². The molecule has 0 atom stereocenters. The third-order valence-electron chi connectivity index (χ3n) is 3.14. The summed E-state index contributed by atoms with van der Waals surface area (Å²) in [5, 5.41) is 0. The molecule has 0 bridgehead atoms. The molecular formula is C17H16O3. The lowest BCUT2D eigenvalue weighted by Gasteiger charge is -2.08. The summed E-state index contributed by atoms with van der Waals surface area (Å²) in [4.78, 5) is 23.1. The highest BCUT2D eigenvalue weighted by Gasteiger charge is 2.13. The number of hydrogen-bond acceptors (Lipinski definition) is 3. The second-order valence-electron chi connectivity index (χ2n) is 4.49. The van der Waals surface area contributed by atoms with E-state index in [1.54, 1.807) is 18.2 Å². The number of aldehydes is 1. The van der Waals surface area contributed by atoms with E-state index in [4.69, 9.17) is 4.74 Å². The Morgan fingerprint density at radius 3 is 2.55 bits per heavy atom. The van der Waals surface area contributed by atoms with Crippen LogP contribution >= 0.6 is 0 Å². The Morgan fingerprint density at radius 1 is 1.15 bits per heavy atom. The number of methoxy groups -OCH3 is 1. The molecule has 0 radical (unpaired) electrons. The average Bonchev–Trinajstić information content (AvgIpc) is 2.52. The summed E-state index contributed by atoms with van der Waals surface area (Å²) in [5.74, 6) is 0.489. The molecule has 0 unspecified atom stereocenters. The molecule has 3 nitrogen and oxygen atoms in total. The zero-order chi connectivity index (χ0) is 14.4. The van der Waals surface area contributed by atoms with Gasteiger partial charge in [0.1, 0.15) is 12.0 Å². The molecule has 0 amide bonds. The van der Waals surface area contributed by atoms with Gasteiger partial charge in [-0.2, -0.15) is 0 Å². The molecule has 0 N–H and O–H groups in total. The average molecular weight is 268 g/mol. The second-order valence-corrected chi connectivity index (χ2v) is 4.49. The molecule has 102 valence electrons. The van der Waals surface area contributed by atoms with Crippen LogP contribution in [0.1, 0.15) is 32.7 Å². The summed E-state index contributed by atoms with van der Waals surface area (Å²) in [6.45, 7) is 0. The van der Waals surface area contributed by atoms with Crippen molar-refractivity contribution in [2.24, 2.45) is 0 Å². The van der Waals surface area contributed by atoms with Gasteiger partial charge in [-0.3, -0.25) is 9.59 Å². The predicted molar refractivity (Wildman–Crippen MR) is 77.5 cm³/mol. The van der Waals surface area contributed by atoms with E-state index < -0.39 is 0 Å². The number of carbonyl (C=O) groups is 2. The standard InChI is InChI=1S/C17H16O3/c1-20-17-10-8-14(12-18)11-15(17)16(19)9-7-13-5-3-2-4-6-13/h2-6,8,10-12H,7,9H2,1H3. The summed E-state index contributed by atoms with van der Waals surface area (Å²) >= 11 is 0. The van der Waals surface area contributed by atoms with Crippen LogP contribution in [0.3, 0.4) is 0 Å². The van der Waals surface area contributed by atoms with E-state index in [1.807, 2.05) is 30.3 Å². The Kier molecular flexibility index (Phi) is 4.66. The predicted octanol–water partition coefficient (Wildman–Crippen LogP) is 3.32. The minimum absolute atomic E-state index is 0.0191. The maximum atomic E-state index is 12.3. The molecule has 3 heteroatoms. The summed E-state index contributed by atoms with van der Waals surface area (Å²) in [5.41, 5.74) is 2.06. The molecule has 0 saturated heterocycles. The second kappa shape index (κ2) is 6.66. The van der Waals surface area contributed by atoms with Gasteiger partial charge in [-0.25, -0.2) is 0 Å². The van der Waals surface area contributed by atoms with Crippen molar-refractivity contribution in [3.63, 3.8) is 0 Å². The zero-order valence-corrected chi connectivity index (χ0v) is 11.3. The van der Waals surface area contributed by atoms with Gasteiger partial charge in [0, 0.05) is 12.0 Å². The number of Topliss-reactive ketones (excluding diaryl/α,β-unsaturated/α-hetero) is 1. The van der Waals surface area contributed by atoms with E-state index in [0.29, 0.717) is 29.7 Å². The van der Waals surface area contributed by atoms with Crippen molar-refractivity contribution in [3.8, 4) is 5.75 Å². The van der Waals surface area contributed by atoms with Gasteiger partial charge >= 0.3 is 0 Å². The first kappa shape index (κ1) is 14.0. The molecule has 2 aromatic carbocycles. The van der Waals surface area contributed by atoms with Crippen LogP contribution in [-0.2, 0) is 6.42 Å². The molecule has 20 heavy (non-hydrogen) atoms. The van der Waals surface area contributed by atoms with E-state index in [9.17, 15) is 9.59 Å². The Morgan fingerprint density at radius 2 is 1.90 bits per heavy atom. The Hall–Kier alpha value is -2.42. The van der Waals surface area contributed by atoms with Gasteiger partial charge in [-0.05, 0) is 30.2 Å². The Labute approximate surface area is 118 Å². The van der Waals surface area contributed by atoms with Gasteiger partial charge in [0.05, 0.1) is 12.7 Å². The van der Waals surface area contributed by atoms with Crippen LogP contribution in [0.15, 0.2) is 48.5 Å². The molecule has 0 spiro atoms. The van der Waals surface area contributed by atoms with Crippen LogP contribution < -0.4 is 4.74 Å². The van der Waals surface area contributed by atoms with E-state index in [-0.39, 0.29) is 5.78 Å². The smallest absolute Gasteiger partial charge is 0.166 e. The minimum Gasteiger partial charge on any atom is -0.496 e. The highest BCUT2D eigenvalue weighted by molar-refractivity contribution is 6.00. The summed E-state index contributed by atoms with van der Waals surface area (Å²) < 4.78 is 5.18. The van der Waals surface area contributed by atoms with E-state index >= 15 is 0 Å². The maximum absolute atomic E-state index is 12.3. The lowest BCUT2D eigenvalue weighted by Crippen LogP contribution is -2.04. The SMILES string of the molecule is COc1ccc(C=O)cc1C(=O)CCc1ccccc1. The third kappa shape index (κ3) is 3.32. The van der Waals surface area contributed by atoms with Crippen LogP contribution in [0.5, 0.6) is 5.75 Å². The molecule has 2 aromatic rings. The quantitative estimate of drug-likeness (QED) is 0.596. The van der Waals surface area contributed by atoms with Crippen LogP contribution in [0.4, 0.5) is 0 Å². The molecule has 0 aromatic heterocycles. The lowest BCUT2D eigenvalue weighted by molar-refractivity contribution is 0.0980. The molecule has 0 aliphatic rings. The molecule has 0 aliphatic carbocycles. The van der Waals surface area contributed by atoms with Crippen molar-refractivity contribution in [2.45, 2.75) is 12.8 Å². The summed E-state index contributed by atoms with van der Waals surface area (Å²) in [6, 6.07) is 14.7. The fraction of sp³-hybridized carbons (Fsp3) is 0.176. The third-order valence-corrected chi connectivity index (χ3v) is 3.14. The summed E-state index contributed by atoms with van der Waals surface area (Å²) in [6.07, 6.45) is 1.80. The number of benzene rings is 2. The fourth-order valence-electron chi connectivity index (χ4n) is 2.05. The first-order valence-corrected chi connectivity index (χ1v) is 6.45. The summed E-state index contributed by atoms with van der Waals surface area (Å²) in [7, 11) is 1.52. The highest BCUT2D eigenvalue weighted by atomic mass is 16.5. The van der Waals surface area contributed by atoms with E-state index in [0.717, 1.165) is 11.8 Å². The Bertz CT molecular complexity index is 603. The van der Waals surface area contributed by atoms with Crippen LogP contribution in [-0.4, -0.2) is 19.2 Å². The van der Waals surface area contributed by atoms with Crippen molar-refractivity contribution >= 4 is 12.1 Å². The molecule has 0 saturated carbocycles. The largest absolute Gasteiger partial charge is 0.496 e. The first-order valence-electron chi connectivity index (χ1n) is 6.45. The molecule has 0 aliphatic heterocycles. The minimum atomic E-state index is -0.0191. The van der Waals surface area contributed by atoms with Crippen molar-refractivity contribution < 1.29 is 14.3 Å². The number of ether oxygens (including phenoxy) is 1. The Balaban J connectivity index is 2.14. The number of rotatable bonds is 6. The monoisotopic (exact) mass is 268 g/mol. The van der Waals surface area contributed by atoms with Gasteiger partial charge in [0.2, 0.25) is 0 Å². The van der Waals surface area contributed by atoms with Crippen LogP contribution in [0, 0.1) is 0 Å². The topological polar surface area (TPSA) is 43.4 Å². The van der Waals surface area contributed by atoms with Crippen molar-refractivity contribution in [3.05, 3.63) is 65.2 Å². The van der Waals surface area contributed by atoms with Crippen molar-refractivity contribution in [2.75, 3.05) is 7.11 Å². The molecule has 0 fully saturated rings. The van der Waals surface area contributed by atoms with Gasteiger partial charge in [-0.1, -0.05) is 30.3 Å². The fourth-order valence-corrected chi connectivity index (χ4v) is 2.05. The van der Waals surface area contributed by atoms with Gasteiger partial charge in [0.15, 0.2) is 5.78 Å². The highest BCUT2D eigenvalue weighted by Crippen LogP contribution is 2.21.